The summed E-state index contributed by atoms with van der Waals surface area (Å²) in [6, 6.07) is 7.36. The molecule has 0 saturated heterocycles. The predicted octanol–water partition coefficient (Wildman–Crippen LogP) is 2.64. The number of carbonyl (C=O) groups excluding carboxylic acids is 1. The zero-order valence-corrected chi connectivity index (χ0v) is 10.8. The Morgan fingerprint density at radius 2 is 2.00 bits per heavy atom. The van der Waals surface area contributed by atoms with Crippen molar-refractivity contribution in [2.45, 2.75) is 33.3 Å². The van der Waals surface area contributed by atoms with E-state index in [0.717, 1.165) is 6.42 Å². The van der Waals surface area contributed by atoms with Gasteiger partial charge in [-0.3, -0.25) is 4.79 Å². The summed E-state index contributed by atoms with van der Waals surface area (Å²) < 4.78 is 5.64. The lowest BCUT2D eigenvalue weighted by atomic mass is 9.95. The minimum absolute atomic E-state index is 0.0573. The number of rotatable bonds is 6. The van der Waals surface area contributed by atoms with Crippen molar-refractivity contribution in [3.8, 4) is 5.75 Å². The zero-order valence-electron chi connectivity index (χ0n) is 10.8. The van der Waals surface area contributed by atoms with Gasteiger partial charge in [0, 0.05) is 12.5 Å². The molecule has 0 radical (unpaired) electrons. The van der Waals surface area contributed by atoms with Crippen LogP contribution in [0.2, 0.25) is 0 Å². The van der Waals surface area contributed by atoms with E-state index in [2.05, 4.69) is 0 Å². The first-order valence-corrected chi connectivity index (χ1v) is 6.10. The van der Waals surface area contributed by atoms with Crippen LogP contribution in [0.4, 0.5) is 0 Å². The quantitative estimate of drug-likeness (QED) is 0.771. The van der Waals surface area contributed by atoms with Crippen molar-refractivity contribution < 1.29 is 9.53 Å². The molecule has 1 atom stereocenters. The van der Waals surface area contributed by atoms with Crippen LogP contribution in [-0.4, -0.2) is 18.4 Å². The molecular weight excluding hydrogens is 214 g/mol. The maximum atomic E-state index is 12.2. The van der Waals surface area contributed by atoms with Crippen LogP contribution in [0, 0.1) is 5.92 Å². The molecule has 0 amide bonds. The minimum atomic E-state index is -0.119. The lowest BCUT2D eigenvalue weighted by Gasteiger charge is -2.16. The van der Waals surface area contributed by atoms with Crippen LogP contribution in [-0.2, 0) is 0 Å². The van der Waals surface area contributed by atoms with Gasteiger partial charge in [-0.05, 0) is 32.4 Å². The smallest absolute Gasteiger partial charge is 0.170 e. The number of hydrogen-bond acceptors (Lipinski definition) is 3. The molecule has 3 heteroatoms. The highest BCUT2D eigenvalue weighted by atomic mass is 16.5. The fraction of sp³-hybridized carbons (Fsp3) is 0.500. The van der Waals surface area contributed by atoms with Gasteiger partial charge in [-0.1, -0.05) is 19.1 Å². The molecule has 94 valence electrons. The first-order valence-electron chi connectivity index (χ1n) is 6.10. The molecule has 17 heavy (non-hydrogen) atoms. The van der Waals surface area contributed by atoms with Gasteiger partial charge in [-0.2, -0.15) is 0 Å². The molecule has 1 unspecified atom stereocenters. The molecule has 2 N–H and O–H groups in total. The lowest BCUT2D eigenvalue weighted by molar-refractivity contribution is 0.0915. The first-order chi connectivity index (χ1) is 8.10. The molecule has 3 nitrogen and oxygen atoms in total. The summed E-state index contributed by atoms with van der Waals surface area (Å²) in [6.07, 6.45) is 0.813. The Labute approximate surface area is 103 Å². The van der Waals surface area contributed by atoms with Crippen LogP contribution < -0.4 is 10.5 Å². The van der Waals surface area contributed by atoms with Crippen LogP contribution in [0.1, 0.15) is 37.6 Å². The average Bonchev–Trinajstić information content (AvgIpc) is 2.30. The number of nitrogens with two attached hydrogens (primary N) is 1. The lowest BCUT2D eigenvalue weighted by Crippen LogP contribution is -2.24. The highest BCUT2D eigenvalue weighted by Gasteiger charge is 2.20. The second kappa shape index (κ2) is 6.40. The standard InChI is InChI=1S/C14H21NO2/c1-4-11(9-15)14(16)12-7-5-6-8-13(12)17-10(2)3/h5-8,10-11H,4,9,15H2,1-3H3. The number of ether oxygens (including phenoxy) is 1. The van der Waals surface area contributed by atoms with Crippen LogP contribution in [0.25, 0.3) is 0 Å². The summed E-state index contributed by atoms with van der Waals surface area (Å²) in [5.74, 6) is 0.609. The third-order valence-corrected chi connectivity index (χ3v) is 2.66. The molecule has 0 aliphatic heterocycles. The summed E-state index contributed by atoms with van der Waals surface area (Å²) >= 11 is 0. The highest BCUT2D eigenvalue weighted by molar-refractivity contribution is 6.00. The van der Waals surface area contributed by atoms with Gasteiger partial charge in [0.25, 0.3) is 0 Å². The minimum Gasteiger partial charge on any atom is -0.490 e. The molecule has 1 rings (SSSR count). The predicted molar refractivity (Wildman–Crippen MR) is 69.4 cm³/mol. The second-order valence-corrected chi connectivity index (χ2v) is 4.37. The number of para-hydroxylation sites is 1. The summed E-state index contributed by atoms with van der Waals surface area (Å²) in [5.41, 5.74) is 6.25. The first kappa shape index (κ1) is 13.7. The number of carbonyl (C=O) groups is 1. The molecule has 1 aromatic rings. The van der Waals surface area contributed by atoms with E-state index >= 15 is 0 Å². The van der Waals surface area contributed by atoms with E-state index in [0.29, 0.717) is 17.9 Å². The summed E-state index contributed by atoms with van der Waals surface area (Å²) in [6.45, 7) is 6.25. The van der Waals surface area contributed by atoms with Crippen molar-refractivity contribution in [1.29, 1.82) is 0 Å². The number of hydrogen-bond donors (Lipinski definition) is 1. The van der Waals surface area contributed by atoms with Gasteiger partial charge in [-0.15, -0.1) is 0 Å². The molecule has 0 aliphatic carbocycles. The highest BCUT2D eigenvalue weighted by Crippen LogP contribution is 2.23. The van der Waals surface area contributed by atoms with E-state index < -0.39 is 0 Å². The van der Waals surface area contributed by atoms with Crippen molar-refractivity contribution in [1.82, 2.24) is 0 Å². The van der Waals surface area contributed by atoms with Gasteiger partial charge in [0.05, 0.1) is 11.7 Å². The molecule has 0 spiro atoms. The molecule has 0 saturated carbocycles. The van der Waals surface area contributed by atoms with E-state index in [-0.39, 0.29) is 17.8 Å². The van der Waals surface area contributed by atoms with Gasteiger partial charge < -0.3 is 10.5 Å². The number of ketones is 1. The Kier molecular flexibility index (Phi) is 5.16. The zero-order chi connectivity index (χ0) is 12.8. The Balaban J connectivity index is 2.99. The Morgan fingerprint density at radius 1 is 1.35 bits per heavy atom. The van der Waals surface area contributed by atoms with Gasteiger partial charge in [0.2, 0.25) is 0 Å². The van der Waals surface area contributed by atoms with Crippen LogP contribution in [0.5, 0.6) is 5.75 Å². The third-order valence-electron chi connectivity index (χ3n) is 2.66. The molecule has 0 aliphatic rings. The normalized spacial score (nSPS) is 12.5. The van der Waals surface area contributed by atoms with E-state index in [1.165, 1.54) is 0 Å². The monoisotopic (exact) mass is 235 g/mol. The van der Waals surface area contributed by atoms with Crippen molar-refractivity contribution in [2.75, 3.05) is 6.54 Å². The van der Waals surface area contributed by atoms with E-state index in [4.69, 9.17) is 10.5 Å². The fourth-order valence-corrected chi connectivity index (χ4v) is 1.71. The number of Topliss-reactive ketones (excluding diaryl/α,β-unsaturated/α-hetero) is 1. The second-order valence-electron chi connectivity index (χ2n) is 4.37. The third kappa shape index (κ3) is 3.56. The van der Waals surface area contributed by atoms with E-state index in [1.54, 1.807) is 6.07 Å². The van der Waals surface area contributed by atoms with E-state index in [9.17, 15) is 4.79 Å². The maximum absolute atomic E-state index is 12.2. The van der Waals surface area contributed by atoms with Gasteiger partial charge in [0.1, 0.15) is 5.75 Å². The molecular formula is C14H21NO2. The van der Waals surface area contributed by atoms with Crippen molar-refractivity contribution in [2.24, 2.45) is 11.7 Å². The Morgan fingerprint density at radius 3 is 2.53 bits per heavy atom. The maximum Gasteiger partial charge on any atom is 0.170 e. The summed E-state index contributed by atoms with van der Waals surface area (Å²) in [7, 11) is 0. The van der Waals surface area contributed by atoms with Crippen molar-refractivity contribution in [3.05, 3.63) is 29.8 Å². The van der Waals surface area contributed by atoms with Gasteiger partial charge in [-0.25, -0.2) is 0 Å². The van der Waals surface area contributed by atoms with Gasteiger partial charge in [0.15, 0.2) is 5.78 Å². The Bertz CT molecular complexity index is 370. The largest absolute Gasteiger partial charge is 0.490 e. The molecule has 0 fully saturated rings. The molecule has 1 aromatic carbocycles. The van der Waals surface area contributed by atoms with Crippen LogP contribution in [0.15, 0.2) is 24.3 Å². The molecule has 0 heterocycles. The molecule has 0 bridgehead atoms. The summed E-state index contributed by atoms with van der Waals surface area (Å²) in [5, 5.41) is 0. The Hall–Kier alpha value is -1.35. The van der Waals surface area contributed by atoms with Crippen molar-refractivity contribution >= 4 is 5.78 Å². The SMILES string of the molecule is CCC(CN)C(=O)c1ccccc1OC(C)C. The molecule has 0 aromatic heterocycles. The van der Waals surface area contributed by atoms with Crippen LogP contribution in [0.3, 0.4) is 0 Å². The average molecular weight is 235 g/mol. The fourth-order valence-electron chi connectivity index (χ4n) is 1.71. The topological polar surface area (TPSA) is 52.3 Å². The summed E-state index contributed by atoms with van der Waals surface area (Å²) in [4.78, 5) is 12.2. The van der Waals surface area contributed by atoms with E-state index in [1.807, 2.05) is 39.0 Å². The van der Waals surface area contributed by atoms with Gasteiger partial charge >= 0.3 is 0 Å². The van der Waals surface area contributed by atoms with Crippen LogP contribution >= 0.6 is 0 Å². The number of benzene rings is 1. The van der Waals surface area contributed by atoms with Crippen molar-refractivity contribution in [3.63, 3.8) is 0 Å².